The van der Waals surface area contributed by atoms with Gasteiger partial charge in [0.2, 0.25) is 0 Å². The van der Waals surface area contributed by atoms with Crippen molar-refractivity contribution < 1.29 is 13.9 Å². The molecule has 0 spiro atoms. The number of amidine groups is 1. The Bertz CT molecular complexity index is 495. The first-order chi connectivity index (χ1) is 8.86. The summed E-state index contributed by atoms with van der Waals surface area (Å²) in [7, 11) is 0. The number of rotatable bonds is 3. The second-order valence-corrected chi connectivity index (χ2v) is 5.62. The zero-order valence-electron chi connectivity index (χ0n) is 11.4. The lowest BCUT2D eigenvalue weighted by Gasteiger charge is -2.20. The number of aliphatic imine (C=N–C) groups is 1. The molecule has 0 aromatic heterocycles. The fourth-order valence-electron chi connectivity index (χ4n) is 1.79. The van der Waals surface area contributed by atoms with Crippen molar-refractivity contribution in [3.05, 3.63) is 29.6 Å². The summed E-state index contributed by atoms with van der Waals surface area (Å²) < 4.78 is 24.5. The molecule has 1 unspecified atom stereocenters. The topological polar surface area (TPSA) is 56.8 Å². The van der Waals surface area contributed by atoms with Crippen molar-refractivity contribution in [2.45, 2.75) is 32.3 Å². The average molecular weight is 266 g/mol. The van der Waals surface area contributed by atoms with Crippen LogP contribution in [0.5, 0.6) is 5.75 Å². The quantitative estimate of drug-likeness (QED) is 0.912. The number of hydrogen-bond donors (Lipinski definition) is 1. The van der Waals surface area contributed by atoms with E-state index in [1.54, 1.807) is 6.07 Å². The zero-order chi connectivity index (χ0) is 14.0. The lowest BCUT2D eigenvalue weighted by Crippen LogP contribution is -2.24. The molecule has 0 fully saturated rings. The molecule has 19 heavy (non-hydrogen) atoms. The van der Waals surface area contributed by atoms with Crippen LogP contribution in [0.3, 0.4) is 0 Å². The Morgan fingerprint density at radius 3 is 2.74 bits per heavy atom. The van der Waals surface area contributed by atoms with E-state index in [1.165, 1.54) is 6.07 Å². The van der Waals surface area contributed by atoms with Gasteiger partial charge in [-0.2, -0.15) is 0 Å². The molecule has 4 nitrogen and oxygen atoms in total. The SMILES string of the molecule is CC(C)(C)c1ccc(OCC2CN=C(N)O2)c(F)c1. The molecule has 1 aromatic rings. The van der Waals surface area contributed by atoms with Crippen LogP contribution in [0.15, 0.2) is 23.2 Å². The molecule has 2 rings (SSSR count). The molecular formula is C14H19FN2O2. The molecule has 0 amide bonds. The molecule has 0 aliphatic carbocycles. The molecule has 0 bridgehead atoms. The van der Waals surface area contributed by atoms with Crippen molar-refractivity contribution in [3.63, 3.8) is 0 Å². The summed E-state index contributed by atoms with van der Waals surface area (Å²) >= 11 is 0. The van der Waals surface area contributed by atoms with Gasteiger partial charge < -0.3 is 15.2 Å². The Hall–Kier alpha value is -1.78. The van der Waals surface area contributed by atoms with Gasteiger partial charge in [0.15, 0.2) is 17.7 Å². The maximum absolute atomic E-state index is 13.9. The van der Waals surface area contributed by atoms with Crippen molar-refractivity contribution in [1.82, 2.24) is 0 Å². The lowest BCUT2D eigenvalue weighted by atomic mass is 9.87. The van der Waals surface area contributed by atoms with Crippen LogP contribution in [0.25, 0.3) is 0 Å². The summed E-state index contributed by atoms with van der Waals surface area (Å²) in [4.78, 5) is 3.90. The van der Waals surface area contributed by atoms with Crippen LogP contribution in [0, 0.1) is 5.82 Å². The molecule has 1 aliphatic rings. The molecule has 5 heteroatoms. The van der Waals surface area contributed by atoms with Gasteiger partial charge in [-0.1, -0.05) is 26.8 Å². The fourth-order valence-corrected chi connectivity index (χ4v) is 1.79. The Balaban J connectivity index is 1.98. The minimum Gasteiger partial charge on any atom is -0.487 e. The van der Waals surface area contributed by atoms with Crippen LogP contribution in [0.2, 0.25) is 0 Å². The predicted molar refractivity (Wildman–Crippen MR) is 72.0 cm³/mol. The number of nitrogens with two attached hydrogens (primary N) is 1. The van der Waals surface area contributed by atoms with Crippen LogP contribution in [-0.2, 0) is 10.2 Å². The number of hydrogen-bond acceptors (Lipinski definition) is 4. The molecule has 1 aliphatic heterocycles. The van der Waals surface area contributed by atoms with Crippen molar-refractivity contribution in [1.29, 1.82) is 0 Å². The monoisotopic (exact) mass is 266 g/mol. The highest BCUT2D eigenvalue weighted by atomic mass is 19.1. The van der Waals surface area contributed by atoms with Crippen LogP contribution >= 0.6 is 0 Å². The molecule has 1 atom stereocenters. The van der Waals surface area contributed by atoms with Gasteiger partial charge in [-0.05, 0) is 23.1 Å². The second-order valence-electron chi connectivity index (χ2n) is 5.62. The van der Waals surface area contributed by atoms with Crippen LogP contribution in [-0.4, -0.2) is 25.3 Å². The number of ether oxygens (including phenoxy) is 2. The standard InChI is InChI=1S/C14H19FN2O2/c1-14(2,3)9-4-5-12(11(15)6-9)18-8-10-7-17-13(16)19-10/h4-6,10H,7-8H2,1-3H3,(H2,16,17). The zero-order valence-corrected chi connectivity index (χ0v) is 11.4. The van der Waals surface area contributed by atoms with E-state index in [2.05, 4.69) is 4.99 Å². The Morgan fingerprint density at radius 1 is 1.47 bits per heavy atom. The highest BCUT2D eigenvalue weighted by Gasteiger charge is 2.20. The Labute approximate surface area is 112 Å². The van der Waals surface area contributed by atoms with Crippen molar-refractivity contribution in [2.75, 3.05) is 13.2 Å². The fraction of sp³-hybridized carbons (Fsp3) is 0.500. The highest BCUT2D eigenvalue weighted by molar-refractivity contribution is 5.73. The molecule has 1 aromatic carbocycles. The van der Waals surface area contributed by atoms with Gasteiger partial charge in [-0.3, -0.25) is 0 Å². The summed E-state index contributed by atoms with van der Waals surface area (Å²) in [5, 5.41) is 0. The van der Waals surface area contributed by atoms with Crippen LogP contribution in [0.1, 0.15) is 26.3 Å². The van der Waals surface area contributed by atoms with Crippen molar-refractivity contribution >= 4 is 6.02 Å². The van der Waals surface area contributed by atoms with Gasteiger partial charge in [-0.25, -0.2) is 9.38 Å². The molecule has 0 saturated heterocycles. The number of halogens is 1. The first kappa shape index (κ1) is 13.6. The van der Waals surface area contributed by atoms with Gasteiger partial charge in [0, 0.05) is 0 Å². The minimum atomic E-state index is -0.362. The molecule has 0 radical (unpaired) electrons. The summed E-state index contributed by atoms with van der Waals surface area (Å²) in [6.07, 6.45) is -0.235. The largest absolute Gasteiger partial charge is 0.487 e. The normalized spacial score (nSPS) is 18.9. The first-order valence-corrected chi connectivity index (χ1v) is 6.25. The lowest BCUT2D eigenvalue weighted by molar-refractivity contribution is 0.138. The van der Waals surface area contributed by atoms with E-state index in [0.29, 0.717) is 6.54 Å². The van der Waals surface area contributed by atoms with Crippen LogP contribution in [0.4, 0.5) is 4.39 Å². The van der Waals surface area contributed by atoms with Gasteiger partial charge >= 0.3 is 0 Å². The van der Waals surface area contributed by atoms with E-state index in [0.717, 1.165) is 5.56 Å². The summed E-state index contributed by atoms with van der Waals surface area (Å²) in [6.45, 7) is 6.79. The maximum Gasteiger partial charge on any atom is 0.282 e. The van der Waals surface area contributed by atoms with E-state index < -0.39 is 0 Å². The number of benzene rings is 1. The third kappa shape index (κ3) is 3.36. The minimum absolute atomic E-state index is 0.0871. The van der Waals surface area contributed by atoms with E-state index >= 15 is 0 Å². The van der Waals surface area contributed by atoms with Gasteiger partial charge in [0.1, 0.15) is 6.61 Å². The molecule has 0 saturated carbocycles. The molecule has 104 valence electrons. The first-order valence-electron chi connectivity index (χ1n) is 6.25. The van der Waals surface area contributed by atoms with E-state index in [4.69, 9.17) is 15.2 Å². The van der Waals surface area contributed by atoms with Gasteiger partial charge in [0.05, 0.1) is 6.54 Å². The Morgan fingerprint density at radius 2 is 2.21 bits per heavy atom. The van der Waals surface area contributed by atoms with E-state index in [9.17, 15) is 4.39 Å². The summed E-state index contributed by atoms with van der Waals surface area (Å²) in [5.74, 6) is -0.138. The third-order valence-corrected chi connectivity index (χ3v) is 2.96. The molecule has 2 N–H and O–H groups in total. The second kappa shape index (κ2) is 5.07. The molecule has 1 heterocycles. The maximum atomic E-state index is 13.9. The smallest absolute Gasteiger partial charge is 0.282 e. The molecular weight excluding hydrogens is 247 g/mol. The summed E-state index contributed by atoms with van der Waals surface area (Å²) in [5.41, 5.74) is 6.24. The Kier molecular flexibility index (Phi) is 3.64. The van der Waals surface area contributed by atoms with Gasteiger partial charge in [0.25, 0.3) is 6.02 Å². The summed E-state index contributed by atoms with van der Waals surface area (Å²) in [6, 6.07) is 5.20. The van der Waals surface area contributed by atoms with Crippen molar-refractivity contribution in [3.8, 4) is 5.75 Å². The predicted octanol–water partition coefficient (Wildman–Crippen LogP) is 2.22. The third-order valence-electron chi connectivity index (χ3n) is 2.96. The highest BCUT2D eigenvalue weighted by Crippen LogP contribution is 2.27. The van der Waals surface area contributed by atoms with E-state index in [-0.39, 0.29) is 35.7 Å². The van der Waals surface area contributed by atoms with Crippen LogP contribution < -0.4 is 10.5 Å². The number of nitrogens with zero attached hydrogens (tertiary/aromatic N) is 1. The van der Waals surface area contributed by atoms with Crippen molar-refractivity contribution in [2.24, 2.45) is 10.7 Å². The van der Waals surface area contributed by atoms with E-state index in [1.807, 2.05) is 26.8 Å². The average Bonchev–Trinajstić information content (AvgIpc) is 2.72. The van der Waals surface area contributed by atoms with Gasteiger partial charge in [-0.15, -0.1) is 0 Å².